The number of rotatable bonds is 4. The Morgan fingerprint density at radius 3 is 2.26 bits per heavy atom. The first-order valence-corrected chi connectivity index (χ1v) is 6.05. The maximum Gasteiger partial charge on any atom is 0.291 e. The number of H-pyrrole nitrogens is 1. The van der Waals surface area contributed by atoms with Gasteiger partial charge in [-0.15, -0.1) is 5.10 Å². The van der Waals surface area contributed by atoms with Crippen molar-refractivity contribution in [2.24, 2.45) is 5.73 Å². The van der Waals surface area contributed by atoms with E-state index < -0.39 is 17.4 Å². The first-order chi connectivity index (χ1) is 8.51. The van der Waals surface area contributed by atoms with Crippen LogP contribution in [0.1, 0.15) is 57.5 Å². The molecule has 1 aromatic rings. The van der Waals surface area contributed by atoms with Gasteiger partial charge in [0.1, 0.15) is 5.82 Å². The molecule has 7 nitrogen and oxygen atoms in total. The normalized spacial score (nSPS) is 12.3. The smallest absolute Gasteiger partial charge is 0.291 e. The third-order valence-corrected chi connectivity index (χ3v) is 2.47. The fourth-order valence-corrected chi connectivity index (χ4v) is 1.54. The predicted octanol–water partition coefficient (Wildman–Crippen LogP) is 0.486. The predicted molar refractivity (Wildman–Crippen MR) is 70.4 cm³/mol. The maximum atomic E-state index is 12.0. The Balaban J connectivity index is 2.79. The maximum absolute atomic E-state index is 12.0. The van der Waals surface area contributed by atoms with E-state index in [0.717, 1.165) is 0 Å². The van der Waals surface area contributed by atoms with Crippen LogP contribution in [0, 0.1) is 0 Å². The summed E-state index contributed by atoms with van der Waals surface area (Å²) in [6, 6.07) is 0. The number of carbonyl (C=O) groups excluding carboxylic acids is 2. The van der Waals surface area contributed by atoms with Crippen molar-refractivity contribution in [3.05, 3.63) is 11.6 Å². The van der Waals surface area contributed by atoms with Crippen LogP contribution in [0.25, 0.3) is 0 Å². The zero-order chi connectivity index (χ0) is 14.8. The van der Waals surface area contributed by atoms with Crippen molar-refractivity contribution < 1.29 is 9.59 Å². The van der Waals surface area contributed by atoms with E-state index in [1.165, 1.54) is 0 Å². The number of hydrogen-bond acceptors (Lipinski definition) is 4. The number of aromatic amines is 1. The number of aromatic nitrogens is 3. The van der Waals surface area contributed by atoms with Crippen molar-refractivity contribution in [2.75, 3.05) is 0 Å². The number of primary amides is 1. The van der Waals surface area contributed by atoms with E-state index in [0.29, 0.717) is 5.82 Å². The topological polar surface area (TPSA) is 114 Å². The fraction of sp³-hybridized carbons (Fsp3) is 0.667. The summed E-state index contributed by atoms with van der Waals surface area (Å²) in [7, 11) is 0. The second kappa shape index (κ2) is 4.99. The molecule has 1 heterocycles. The standard InChI is InChI=1S/C12H21N5O2/c1-11(2,3)10-14-8(16-17-10)9(19)15-12(4,5)6-7(13)18/h6H2,1-5H3,(H2,13,18)(H,15,19)(H,14,16,17). The van der Waals surface area contributed by atoms with Gasteiger partial charge in [0.2, 0.25) is 11.7 Å². The molecule has 0 saturated heterocycles. The van der Waals surface area contributed by atoms with Crippen LogP contribution in [-0.4, -0.2) is 32.5 Å². The zero-order valence-corrected chi connectivity index (χ0v) is 12.0. The minimum Gasteiger partial charge on any atom is -0.370 e. The molecule has 4 N–H and O–H groups in total. The van der Waals surface area contributed by atoms with Gasteiger partial charge in [0.05, 0.1) is 0 Å². The van der Waals surface area contributed by atoms with E-state index in [1.54, 1.807) is 13.8 Å². The molecule has 0 bridgehead atoms. The molecule has 0 fully saturated rings. The average Bonchev–Trinajstić information content (AvgIpc) is 2.61. The number of amides is 2. The van der Waals surface area contributed by atoms with Gasteiger partial charge in [-0.2, -0.15) is 0 Å². The van der Waals surface area contributed by atoms with E-state index in [9.17, 15) is 9.59 Å². The van der Waals surface area contributed by atoms with Crippen LogP contribution in [-0.2, 0) is 10.2 Å². The number of hydrogen-bond donors (Lipinski definition) is 3. The molecule has 2 amide bonds. The Bertz CT molecular complexity index is 485. The summed E-state index contributed by atoms with van der Waals surface area (Å²) in [4.78, 5) is 27.0. The number of nitrogens with zero attached hydrogens (tertiary/aromatic N) is 2. The Kier molecular flexibility index (Phi) is 3.97. The summed E-state index contributed by atoms with van der Waals surface area (Å²) in [5, 5.41) is 9.31. The Morgan fingerprint density at radius 1 is 1.26 bits per heavy atom. The highest BCUT2D eigenvalue weighted by Crippen LogP contribution is 2.17. The van der Waals surface area contributed by atoms with Crippen LogP contribution in [0.15, 0.2) is 0 Å². The minimum absolute atomic E-state index is 0.0509. The van der Waals surface area contributed by atoms with Gasteiger partial charge in [0.25, 0.3) is 5.91 Å². The van der Waals surface area contributed by atoms with Crippen molar-refractivity contribution in [3.8, 4) is 0 Å². The van der Waals surface area contributed by atoms with Crippen LogP contribution in [0.5, 0.6) is 0 Å². The molecule has 0 aromatic carbocycles. The van der Waals surface area contributed by atoms with Crippen molar-refractivity contribution in [2.45, 2.75) is 52.0 Å². The molecule has 7 heteroatoms. The molecule has 0 saturated carbocycles. The molecular weight excluding hydrogens is 246 g/mol. The molecule has 0 atom stereocenters. The monoisotopic (exact) mass is 267 g/mol. The van der Waals surface area contributed by atoms with Crippen molar-refractivity contribution >= 4 is 11.8 Å². The zero-order valence-electron chi connectivity index (χ0n) is 12.0. The lowest BCUT2D eigenvalue weighted by atomic mass is 9.96. The lowest BCUT2D eigenvalue weighted by Crippen LogP contribution is -2.46. The Labute approximate surface area is 112 Å². The molecule has 0 radical (unpaired) electrons. The van der Waals surface area contributed by atoms with Gasteiger partial charge in [0.15, 0.2) is 0 Å². The molecular formula is C12H21N5O2. The summed E-state index contributed by atoms with van der Waals surface area (Å²) in [6.07, 6.45) is 0.0509. The minimum atomic E-state index is -0.731. The second-order valence-corrected chi connectivity index (χ2v) is 6.24. The van der Waals surface area contributed by atoms with Crippen LogP contribution >= 0.6 is 0 Å². The van der Waals surface area contributed by atoms with Crippen molar-refractivity contribution in [1.29, 1.82) is 0 Å². The molecule has 0 unspecified atom stereocenters. The van der Waals surface area contributed by atoms with E-state index in [-0.39, 0.29) is 17.7 Å². The lowest BCUT2D eigenvalue weighted by Gasteiger charge is -2.23. The quantitative estimate of drug-likeness (QED) is 0.736. The largest absolute Gasteiger partial charge is 0.370 e. The molecule has 0 aliphatic heterocycles. The number of nitrogens with two attached hydrogens (primary N) is 1. The highest BCUT2D eigenvalue weighted by Gasteiger charge is 2.27. The molecule has 1 aromatic heterocycles. The second-order valence-electron chi connectivity index (χ2n) is 6.24. The fourth-order valence-electron chi connectivity index (χ4n) is 1.54. The number of nitrogens with one attached hydrogen (secondary N) is 2. The summed E-state index contributed by atoms with van der Waals surface area (Å²) >= 11 is 0. The first kappa shape index (κ1) is 15.1. The first-order valence-electron chi connectivity index (χ1n) is 6.05. The Hall–Kier alpha value is -1.92. The molecule has 0 aliphatic carbocycles. The molecule has 106 valence electrons. The van der Waals surface area contributed by atoms with Gasteiger partial charge in [-0.05, 0) is 13.8 Å². The average molecular weight is 267 g/mol. The van der Waals surface area contributed by atoms with Crippen LogP contribution in [0.2, 0.25) is 0 Å². The third kappa shape index (κ3) is 4.35. The van der Waals surface area contributed by atoms with E-state index in [1.807, 2.05) is 20.8 Å². The lowest BCUT2D eigenvalue weighted by molar-refractivity contribution is -0.119. The third-order valence-electron chi connectivity index (χ3n) is 2.47. The summed E-state index contributed by atoms with van der Waals surface area (Å²) in [5.74, 6) is -0.221. The van der Waals surface area contributed by atoms with Gasteiger partial charge in [-0.1, -0.05) is 20.8 Å². The highest BCUT2D eigenvalue weighted by atomic mass is 16.2. The van der Waals surface area contributed by atoms with E-state index >= 15 is 0 Å². The van der Waals surface area contributed by atoms with Crippen LogP contribution in [0.4, 0.5) is 0 Å². The summed E-state index contributed by atoms with van der Waals surface area (Å²) in [6.45, 7) is 9.32. The summed E-state index contributed by atoms with van der Waals surface area (Å²) in [5.41, 5.74) is 4.18. The van der Waals surface area contributed by atoms with Gasteiger partial charge in [0, 0.05) is 17.4 Å². The molecule has 0 spiro atoms. The highest BCUT2D eigenvalue weighted by molar-refractivity contribution is 5.91. The summed E-state index contributed by atoms with van der Waals surface area (Å²) < 4.78 is 0. The van der Waals surface area contributed by atoms with Gasteiger partial charge < -0.3 is 11.1 Å². The molecule has 0 aliphatic rings. The Morgan fingerprint density at radius 2 is 1.84 bits per heavy atom. The SMILES string of the molecule is CC(C)(CC(N)=O)NC(=O)c1n[nH]c(C(C)(C)C)n1. The van der Waals surface area contributed by atoms with Crippen molar-refractivity contribution in [1.82, 2.24) is 20.5 Å². The molecule has 19 heavy (non-hydrogen) atoms. The van der Waals surface area contributed by atoms with Crippen molar-refractivity contribution in [3.63, 3.8) is 0 Å². The van der Waals surface area contributed by atoms with Crippen LogP contribution < -0.4 is 11.1 Å². The van der Waals surface area contributed by atoms with Gasteiger partial charge in [-0.3, -0.25) is 14.7 Å². The van der Waals surface area contributed by atoms with Gasteiger partial charge in [-0.25, -0.2) is 4.98 Å². The van der Waals surface area contributed by atoms with E-state index in [2.05, 4.69) is 20.5 Å². The molecule has 1 rings (SSSR count). The number of carbonyl (C=O) groups is 2. The van der Waals surface area contributed by atoms with Gasteiger partial charge >= 0.3 is 0 Å². The van der Waals surface area contributed by atoms with E-state index in [4.69, 9.17) is 5.73 Å². The van der Waals surface area contributed by atoms with Crippen LogP contribution in [0.3, 0.4) is 0 Å².